The van der Waals surface area contributed by atoms with Crippen LogP contribution in [0, 0.1) is 11.2 Å². The van der Waals surface area contributed by atoms with Crippen molar-refractivity contribution in [1.82, 2.24) is 0 Å². The van der Waals surface area contributed by atoms with Crippen molar-refractivity contribution in [2.45, 2.75) is 36.4 Å². The highest BCUT2D eigenvalue weighted by atomic mass is 35.5. The third-order valence-corrected chi connectivity index (χ3v) is 4.87. The van der Waals surface area contributed by atoms with E-state index in [0.29, 0.717) is 5.56 Å². The van der Waals surface area contributed by atoms with Crippen LogP contribution in [0.3, 0.4) is 0 Å². The summed E-state index contributed by atoms with van der Waals surface area (Å²) in [6.45, 7) is 3.69. The van der Waals surface area contributed by atoms with Gasteiger partial charge >= 0.3 is 5.97 Å². The molecule has 0 radical (unpaired) electrons. The molecular weight excluding hydrogens is 338 g/mol. The van der Waals surface area contributed by atoms with E-state index in [1.807, 2.05) is 13.8 Å². The fourth-order valence-corrected chi connectivity index (χ4v) is 2.90. The van der Waals surface area contributed by atoms with Gasteiger partial charge in [0, 0.05) is 11.8 Å². The lowest BCUT2D eigenvalue weighted by Crippen LogP contribution is -2.32. The largest absolute Gasteiger partial charge is 0.469 e. The van der Waals surface area contributed by atoms with Crippen LogP contribution < -0.4 is 0 Å². The molecule has 21 heavy (non-hydrogen) atoms. The van der Waals surface area contributed by atoms with E-state index >= 15 is 0 Å². The Labute approximate surface area is 139 Å². The maximum Gasteiger partial charge on any atom is 0.306 e. The van der Waals surface area contributed by atoms with Crippen LogP contribution in [0.1, 0.15) is 32.3 Å². The average Bonchev–Trinajstić information content (AvgIpc) is 2.38. The maximum absolute atomic E-state index is 12.9. The number of rotatable bonds is 6. The summed E-state index contributed by atoms with van der Waals surface area (Å²) < 4.78 is 16.3. The Morgan fingerprint density at radius 1 is 1.29 bits per heavy atom. The Balaban J connectivity index is 2.82. The van der Waals surface area contributed by atoms with Gasteiger partial charge in [-0.05, 0) is 23.1 Å². The van der Waals surface area contributed by atoms with Crippen LogP contribution >= 0.6 is 34.8 Å². The summed E-state index contributed by atoms with van der Waals surface area (Å²) in [4.78, 5) is 11.4. The molecular formula is C15H18Cl3FO2. The third kappa shape index (κ3) is 5.32. The Bertz CT molecular complexity index is 486. The summed E-state index contributed by atoms with van der Waals surface area (Å²) in [7, 11) is 1.33. The summed E-state index contributed by atoms with van der Waals surface area (Å²) in [5.74, 6) is -0.710. The molecule has 0 saturated carbocycles. The highest BCUT2D eigenvalue weighted by molar-refractivity contribution is 6.48. The number of benzene rings is 1. The van der Waals surface area contributed by atoms with Crippen LogP contribution in [0.5, 0.6) is 0 Å². The molecule has 1 aromatic carbocycles. The summed E-state index contributed by atoms with van der Waals surface area (Å²) in [5, 5.41) is -0.461. The molecule has 0 aliphatic rings. The Morgan fingerprint density at radius 2 is 1.81 bits per heavy atom. The number of methoxy groups -OCH3 is 1. The predicted molar refractivity (Wildman–Crippen MR) is 84.5 cm³/mol. The monoisotopic (exact) mass is 354 g/mol. The van der Waals surface area contributed by atoms with E-state index in [9.17, 15) is 9.18 Å². The molecule has 0 amide bonds. The Kier molecular flexibility index (Phi) is 6.33. The normalized spacial score (nSPS) is 13.9. The van der Waals surface area contributed by atoms with E-state index < -0.39 is 15.1 Å². The molecule has 2 nitrogen and oxygen atoms in total. The number of esters is 1. The second kappa shape index (κ2) is 7.17. The van der Waals surface area contributed by atoms with Crippen LogP contribution in [0.2, 0.25) is 0 Å². The van der Waals surface area contributed by atoms with Crippen LogP contribution in [-0.4, -0.2) is 18.5 Å². The number of hydrogen-bond acceptors (Lipinski definition) is 2. The lowest BCUT2D eigenvalue weighted by atomic mass is 9.82. The first kappa shape index (κ1) is 18.5. The number of alkyl halides is 3. The predicted octanol–water partition coefficient (Wildman–Crippen LogP) is 5.04. The lowest BCUT2D eigenvalue weighted by molar-refractivity contribution is -0.142. The molecule has 6 heteroatoms. The summed E-state index contributed by atoms with van der Waals surface area (Å²) in [6.07, 6.45) is 0.373. The van der Waals surface area contributed by atoms with Crippen molar-refractivity contribution in [1.29, 1.82) is 0 Å². The minimum atomic E-state index is -1.26. The van der Waals surface area contributed by atoms with Crippen LogP contribution in [0.25, 0.3) is 0 Å². The number of halogens is 4. The maximum atomic E-state index is 12.9. The van der Waals surface area contributed by atoms with Crippen molar-refractivity contribution in [3.8, 4) is 0 Å². The second-order valence-corrected chi connectivity index (χ2v) is 7.64. The molecule has 0 aliphatic heterocycles. The van der Waals surface area contributed by atoms with E-state index in [1.165, 1.54) is 31.4 Å². The van der Waals surface area contributed by atoms with Gasteiger partial charge in [-0.25, -0.2) is 4.39 Å². The van der Waals surface area contributed by atoms with Gasteiger partial charge in [-0.15, -0.1) is 11.6 Å². The zero-order valence-corrected chi connectivity index (χ0v) is 14.4. The summed E-state index contributed by atoms with van der Waals surface area (Å²) in [6, 6.07) is 5.62. The van der Waals surface area contributed by atoms with Crippen LogP contribution in [0.4, 0.5) is 4.39 Å². The van der Waals surface area contributed by atoms with Crippen LogP contribution in [0.15, 0.2) is 24.3 Å². The van der Waals surface area contributed by atoms with Gasteiger partial charge in [0.1, 0.15) is 10.2 Å². The molecule has 0 heterocycles. The van der Waals surface area contributed by atoms with Crippen molar-refractivity contribution in [3.05, 3.63) is 35.6 Å². The average molecular weight is 356 g/mol. The molecule has 0 aliphatic carbocycles. The van der Waals surface area contributed by atoms with Gasteiger partial charge in [0.25, 0.3) is 0 Å². The number of hydrogen-bond donors (Lipinski definition) is 0. The summed E-state index contributed by atoms with van der Waals surface area (Å²) >= 11 is 19.0. The highest BCUT2D eigenvalue weighted by Gasteiger charge is 2.38. The smallest absolute Gasteiger partial charge is 0.306 e. The zero-order valence-electron chi connectivity index (χ0n) is 12.1. The first-order chi connectivity index (χ1) is 9.58. The standard InChI is InChI=1S/C15H18Cl3FO2/c1-14(2,9-13(20)21-3)12(16)8-15(17,18)10-4-6-11(19)7-5-10/h4-7,12H,8-9H2,1-3H3. The minimum absolute atomic E-state index is 0.158. The molecule has 0 aromatic heterocycles. The number of carbonyl (C=O) groups is 1. The topological polar surface area (TPSA) is 26.3 Å². The van der Waals surface area contributed by atoms with Gasteiger partial charge in [-0.3, -0.25) is 4.79 Å². The fourth-order valence-electron chi connectivity index (χ4n) is 1.87. The molecule has 0 fully saturated rings. The number of ether oxygens (including phenoxy) is 1. The fraction of sp³-hybridized carbons (Fsp3) is 0.533. The van der Waals surface area contributed by atoms with E-state index in [4.69, 9.17) is 34.8 Å². The van der Waals surface area contributed by atoms with Gasteiger partial charge < -0.3 is 4.74 Å². The second-order valence-electron chi connectivity index (χ2n) is 5.62. The first-order valence-corrected chi connectivity index (χ1v) is 7.62. The lowest BCUT2D eigenvalue weighted by Gasteiger charge is -2.33. The molecule has 1 atom stereocenters. The zero-order chi connectivity index (χ0) is 16.3. The SMILES string of the molecule is COC(=O)CC(C)(C)C(Cl)CC(Cl)(Cl)c1ccc(F)cc1. The van der Waals surface area contributed by atoms with Crippen molar-refractivity contribution < 1.29 is 13.9 Å². The molecule has 0 bridgehead atoms. The van der Waals surface area contributed by atoms with Gasteiger partial charge in [-0.2, -0.15) is 0 Å². The summed E-state index contributed by atoms with van der Waals surface area (Å²) in [5.41, 5.74) is 0.0238. The van der Waals surface area contributed by atoms with Crippen molar-refractivity contribution in [3.63, 3.8) is 0 Å². The van der Waals surface area contributed by atoms with E-state index in [1.54, 1.807) is 0 Å². The van der Waals surface area contributed by atoms with Crippen molar-refractivity contribution >= 4 is 40.8 Å². The van der Waals surface area contributed by atoms with E-state index in [-0.39, 0.29) is 24.6 Å². The Morgan fingerprint density at radius 3 is 2.29 bits per heavy atom. The van der Waals surface area contributed by atoms with Crippen LogP contribution in [-0.2, 0) is 13.9 Å². The molecule has 1 unspecified atom stereocenters. The molecule has 1 rings (SSSR count). The molecule has 1 aromatic rings. The number of carbonyl (C=O) groups excluding carboxylic acids is 1. The molecule has 0 saturated heterocycles. The van der Waals surface area contributed by atoms with Gasteiger partial charge in [-0.1, -0.05) is 49.2 Å². The Hall–Kier alpha value is -0.510. The quantitative estimate of drug-likeness (QED) is 0.527. The minimum Gasteiger partial charge on any atom is -0.469 e. The molecule has 0 spiro atoms. The van der Waals surface area contributed by atoms with Gasteiger partial charge in [0.05, 0.1) is 13.5 Å². The highest BCUT2D eigenvalue weighted by Crippen LogP contribution is 2.44. The first-order valence-electron chi connectivity index (χ1n) is 6.43. The van der Waals surface area contributed by atoms with E-state index in [2.05, 4.69) is 4.74 Å². The third-order valence-electron chi connectivity index (χ3n) is 3.38. The van der Waals surface area contributed by atoms with Gasteiger partial charge in [0.2, 0.25) is 0 Å². The van der Waals surface area contributed by atoms with Crippen molar-refractivity contribution in [2.75, 3.05) is 7.11 Å². The van der Waals surface area contributed by atoms with E-state index in [0.717, 1.165) is 0 Å². The van der Waals surface area contributed by atoms with Gasteiger partial charge in [0.15, 0.2) is 0 Å². The molecule has 118 valence electrons. The molecule has 0 N–H and O–H groups in total. The van der Waals surface area contributed by atoms with Crippen molar-refractivity contribution in [2.24, 2.45) is 5.41 Å².